The van der Waals surface area contributed by atoms with Gasteiger partial charge in [0.05, 0.1) is 17.1 Å². The molecule has 0 aliphatic carbocycles. The topological polar surface area (TPSA) is 39.7 Å². The first-order valence-corrected chi connectivity index (χ1v) is 10.3. The normalized spacial score (nSPS) is 15.1. The summed E-state index contributed by atoms with van der Waals surface area (Å²) in [5.41, 5.74) is -0.353. The number of aliphatic imine (C=N–C) groups is 1. The lowest BCUT2D eigenvalue weighted by atomic mass is 10.1. The zero-order chi connectivity index (χ0) is 20.7. The maximum atomic E-state index is 12.7. The Hall–Kier alpha value is -1.93. The molecule has 162 valence electrons. The van der Waals surface area contributed by atoms with Crippen LogP contribution in [0.25, 0.3) is 0 Å². The van der Waals surface area contributed by atoms with Crippen LogP contribution in [0.2, 0.25) is 0 Å². The standard InChI is InChI=1S/C21H23F3N4S.HI/c1-25-20(27-18-9-12-28(13-10-18)19-8-4-14-29-19)26-11-3-6-16-5-2-7-17(15-16)21(22,23)24;/h2,4-5,7-8,14-15,18H,9-13H2,1H3,(H2,25,26,27);1H. The fourth-order valence-corrected chi connectivity index (χ4v) is 3.91. The maximum Gasteiger partial charge on any atom is 0.416 e. The maximum absolute atomic E-state index is 12.7. The van der Waals surface area contributed by atoms with Crippen molar-refractivity contribution in [3.63, 3.8) is 0 Å². The number of alkyl halides is 3. The van der Waals surface area contributed by atoms with Gasteiger partial charge in [-0.05, 0) is 48.6 Å². The minimum atomic E-state index is -4.36. The van der Waals surface area contributed by atoms with Gasteiger partial charge in [0, 0.05) is 31.7 Å². The largest absolute Gasteiger partial charge is 0.416 e. The number of benzene rings is 1. The number of hydrogen-bond donors (Lipinski definition) is 2. The van der Waals surface area contributed by atoms with E-state index in [2.05, 4.69) is 49.9 Å². The third-order valence-corrected chi connectivity index (χ3v) is 5.57. The van der Waals surface area contributed by atoms with Crippen molar-refractivity contribution in [2.45, 2.75) is 25.1 Å². The summed E-state index contributed by atoms with van der Waals surface area (Å²) in [6, 6.07) is 9.56. The lowest BCUT2D eigenvalue weighted by molar-refractivity contribution is -0.137. The number of rotatable bonds is 3. The zero-order valence-corrected chi connectivity index (χ0v) is 19.6. The number of halogens is 4. The molecular weight excluding hydrogens is 524 g/mol. The lowest BCUT2D eigenvalue weighted by Crippen LogP contribution is -2.48. The fourth-order valence-electron chi connectivity index (χ4n) is 3.13. The van der Waals surface area contributed by atoms with Gasteiger partial charge in [-0.2, -0.15) is 13.2 Å². The van der Waals surface area contributed by atoms with Gasteiger partial charge in [0.15, 0.2) is 5.96 Å². The number of thiophene rings is 1. The van der Waals surface area contributed by atoms with Crippen LogP contribution < -0.4 is 15.5 Å². The highest BCUT2D eigenvalue weighted by molar-refractivity contribution is 14.0. The molecule has 1 aliphatic heterocycles. The summed E-state index contributed by atoms with van der Waals surface area (Å²) in [6.45, 7) is 2.28. The molecule has 4 nitrogen and oxygen atoms in total. The number of piperidine rings is 1. The van der Waals surface area contributed by atoms with Gasteiger partial charge in [-0.1, -0.05) is 17.9 Å². The van der Waals surface area contributed by atoms with Crippen LogP contribution in [0.4, 0.5) is 18.2 Å². The van der Waals surface area contributed by atoms with Crippen molar-refractivity contribution >= 4 is 46.3 Å². The van der Waals surface area contributed by atoms with Gasteiger partial charge in [-0.3, -0.25) is 4.99 Å². The summed E-state index contributed by atoms with van der Waals surface area (Å²) >= 11 is 1.75. The molecule has 30 heavy (non-hydrogen) atoms. The molecule has 0 spiro atoms. The average molecular weight is 548 g/mol. The van der Waals surface area contributed by atoms with E-state index in [0.717, 1.165) is 38.1 Å². The molecular formula is C21H24F3IN4S. The van der Waals surface area contributed by atoms with E-state index in [1.165, 1.54) is 11.1 Å². The first-order chi connectivity index (χ1) is 14.0. The molecule has 1 aliphatic rings. The summed E-state index contributed by atoms with van der Waals surface area (Å²) in [7, 11) is 1.69. The molecule has 0 radical (unpaired) electrons. The van der Waals surface area contributed by atoms with Crippen LogP contribution in [0.15, 0.2) is 46.8 Å². The molecule has 0 atom stereocenters. The highest BCUT2D eigenvalue weighted by atomic mass is 127. The van der Waals surface area contributed by atoms with Gasteiger partial charge < -0.3 is 15.5 Å². The van der Waals surface area contributed by atoms with Crippen LogP contribution >= 0.6 is 35.3 Å². The third kappa shape index (κ3) is 7.09. The number of guanidine groups is 1. The predicted octanol–water partition coefficient (Wildman–Crippen LogP) is 4.57. The van der Waals surface area contributed by atoms with Gasteiger partial charge >= 0.3 is 6.18 Å². The second kappa shape index (κ2) is 11.5. The van der Waals surface area contributed by atoms with E-state index in [1.54, 1.807) is 24.5 Å². The molecule has 0 amide bonds. The monoisotopic (exact) mass is 548 g/mol. The fraction of sp³-hybridized carbons (Fsp3) is 0.381. The van der Waals surface area contributed by atoms with E-state index in [0.29, 0.717) is 24.1 Å². The molecule has 2 heterocycles. The smallest absolute Gasteiger partial charge is 0.363 e. The van der Waals surface area contributed by atoms with Crippen molar-refractivity contribution in [3.8, 4) is 11.8 Å². The summed E-state index contributed by atoms with van der Waals surface area (Å²) in [6.07, 6.45) is -2.34. The van der Waals surface area contributed by atoms with E-state index >= 15 is 0 Å². The van der Waals surface area contributed by atoms with E-state index in [1.807, 2.05) is 0 Å². The Kier molecular flexibility index (Phi) is 9.30. The van der Waals surface area contributed by atoms with Gasteiger partial charge in [-0.15, -0.1) is 35.3 Å². The van der Waals surface area contributed by atoms with E-state index in [-0.39, 0.29) is 24.0 Å². The number of anilines is 1. The molecule has 3 rings (SSSR count). The number of hydrogen-bond acceptors (Lipinski definition) is 3. The first-order valence-electron chi connectivity index (χ1n) is 9.37. The Morgan fingerprint density at radius 1 is 1.23 bits per heavy atom. The first kappa shape index (κ1) is 24.3. The summed E-state index contributed by atoms with van der Waals surface area (Å²) in [5.74, 6) is 6.26. The van der Waals surface area contributed by atoms with Crippen molar-refractivity contribution in [1.82, 2.24) is 10.6 Å². The molecule has 1 aromatic heterocycles. The summed E-state index contributed by atoms with van der Waals surface area (Å²) in [4.78, 5) is 6.60. The SMILES string of the molecule is CN=C(NCC#Cc1cccc(C(F)(F)F)c1)NC1CCN(c2cccs2)CC1.I. The van der Waals surface area contributed by atoms with Crippen LogP contribution in [0.5, 0.6) is 0 Å². The summed E-state index contributed by atoms with van der Waals surface area (Å²) in [5, 5.41) is 9.89. The van der Waals surface area contributed by atoms with Crippen LogP contribution in [0, 0.1) is 11.8 Å². The second-order valence-corrected chi connectivity index (χ2v) is 7.59. The molecule has 2 aromatic rings. The summed E-state index contributed by atoms with van der Waals surface area (Å²) < 4.78 is 38.2. The van der Waals surface area contributed by atoms with Gasteiger partial charge in [-0.25, -0.2) is 0 Å². The number of nitrogens with zero attached hydrogens (tertiary/aromatic N) is 2. The van der Waals surface area contributed by atoms with E-state index in [4.69, 9.17) is 0 Å². The van der Waals surface area contributed by atoms with Crippen molar-refractivity contribution in [2.75, 3.05) is 31.6 Å². The van der Waals surface area contributed by atoms with Crippen molar-refractivity contribution in [3.05, 3.63) is 52.9 Å². The Balaban J connectivity index is 0.00000320. The van der Waals surface area contributed by atoms with Gasteiger partial charge in [0.2, 0.25) is 0 Å². The molecule has 9 heteroatoms. The lowest BCUT2D eigenvalue weighted by Gasteiger charge is -2.33. The highest BCUT2D eigenvalue weighted by Gasteiger charge is 2.30. The second-order valence-electron chi connectivity index (χ2n) is 6.66. The van der Waals surface area contributed by atoms with E-state index < -0.39 is 11.7 Å². The Labute approximate surface area is 196 Å². The molecule has 1 fully saturated rings. The minimum absolute atomic E-state index is 0. The van der Waals surface area contributed by atoms with Crippen molar-refractivity contribution < 1.29 is 13.2 Å². The molecule has 0 bridgehead atoms. The Morgan fingerprint density at radius 2 is 2.00 bits per heavy atom. The predicted molar refractivity (Wildman–Crippen MR) is 128 cm³/mol. The minimum Gasteiger partial charge on any atom is -0.363 e. The quantitative estimate of drug-likeness (QED) is 0.256. The molecule has 0 saturated carbocycles. The molecule has 1 saturated heterocycles. The van der Waals surface area contributed by atoms with Crippen molar-refractivity contribution in [2.24, 2.45) is 4.99 Å². The van der Waals surface area contributed by atoms with Gasteiger partial charge in [0.25, 0.3) is 0 Å². The Morgan fingerprint density at radius 3 is 2.63 bits per heavy atom. The Bertz CT molecular complexity index is 880. The molecule has 1 aromatic carbocycles. The number of nitrogens with one attached hydrogen (secondary N) is 2. The third-order valence-electron chi connectivity index (χ3n) is 4.64. The van der Waals surface area contributed by atoms with Crippen LogP contribution in [0.3, 0.4) is 0 Å². The van der Waals surface area contributed by atoms with Crippen LogP contribution in [-0.2, 0) is 6.18 Å². The van der Waals surface area contributed by atoms with E-state index in [9.17, 15) is 13.2 Å². The van der Waals surface area contributed by atoms with Crippen molar-refractivity contribution in [1.29, 1.82) is 0 Å². The van der Waals surface area contributed by atoms with Gasteiger partial charge in [0.1, 0.15) is 0 Å². The van der Waals surface area contributed by atoms with Crippen LogP contribution in [-0.4, -0.2) is 38.7 Å². The highest BCUT2D eigenvalue weighted by Crippen LogP contribution is 2.29. The molecule has 0 unspecified atom stereocenters. The zero-order valence-electron chi connectivity index (χ0n) is 16.5. The molecule has 2 N–H and O–H groups in total. The average Bonchev–Trinajstić information content (AvgIpc) is 3.25. The van der Waals surface area contributed by atoms with Crippen LogP contribution in [0.1, 0.15) is 24.0 Å².